The summed E-state index contributed by atoms with van der Waals surface area (Å²) in [5.74, 6) is 0. The fraction of sp³-hybridized carbons (Fsp3) is 0.273. The van der Waals surface area contributed by atoms with Crippen molar-refractivity contribution in [2.75, 3.05) is 0 Å². The Bertz CT molecular complexity index is 435. The Morgan fingerprint density at radius 3 is 2.47 bits per heavy atom. The van der Waals surface area contributed by atoms with Gasteiger partial charge in [0.05, 0.1) is 4.90 Å². The Labute approximate surface area is 89.4 Å². The van der Waals surface area contributed by atoms with Gasteiger partial charge in [0.15, 0.2) is 0 Å². The molecule has 4 heteroatoms. The quantitative estimate of drug-likeness (QED) is 0.793. The predicted octanol–water partition coefficient (Wildman–Crippen LogP) is 3.07. The third-order valence-corrected chi connectivity index (χ3v) is 3.48. The summed E-state index contributed by atoms with van der Waals surface area (Å²) >= 11 is 0. The number of hydrogen-bond donors (Lipinski definition) is 0. The lowest BCUT2D eigenvalue weighted by Crippen LogP contribution is -2.00. The second-order valence-electron chi connectivity index (χ2n) is 3.11. The first-order valence-electron chi connectivity index (χ1n) is 4.75. The zero-order chi connectivity index (χ0) is 11.3. The van der Waals surface area contributed by atoms with Crippen molar-refractivity contribution in [3.05, 3.63) is 41.6 Å². The van der Waals surface area contributed by atoms with Crippen molar-refractivity contribution in [1.82, 2.24) is 0 Å². The van der Waals surface area contributed by atoms with E-state index in [1.807, 2.05) is 6.92 Å². The molecule has 1 aromatic rings. The smallest absolute Gasteiger partial charge is 0.216 e. The van der Waals surface area contributed by atoms with Crippen molar-refractivity contribution in [1.29, 1.82) is 0 Å². The van der Waals surface area contributed by atoms with Crippen LogP contribution in [-0.2, 0) is 9.84 Å². The van der Waals surface area contributed by atoms with Crippen LogP contribution >= 0.6 is 0 Å². The standard InChI is InChI=1S/C11H13FO2S/c1-2-3-9-11(12)15(13,14)10-7-5-4-6-8-10/h4-9H,2-3H2,1H3/b11-9+. The molecule has 0 saturated carbocycles. The molecule has 1 aromatic carbocycles. The molecule has 0 amide bonds. The highest BCUT2D eigenvalue weighted by Crippen LogP contribution is 2.20. The molecular formula is C11H13FO2S. The topological polar surface area (TPSA) is 34.1 Å². The predicted molar refractivity (Wildman–Crippen MR) is 57.7 cm³/mol. The van der Waals surface area contributed by atoms with Gasteiger partial charge in [-0.25, -0.2) is 8.42 Å². The molecule has 1 rings (SSSR count). The number of unbranched alkanes of at least 4 members (excludes halogenated alkanes) is 1. The maximum atomic E-state index is 13.3. The summed E-state index contributed by atoms with van der Waals surface area (Å²) in [5.41, 5.74) is 0. The van der Waals surface area contributed by atoms with Gasteiger partial charge >= 0.3 is 0 Å². The Hall–Kier alpha value is -1.16. The Morgan fingerprint density at radius 2 is 1.93 bits per heavy atom. The molecule has 0 aliphatic rings. The molecule has 2 nitrogen and oxygen atoms in total. The normalized spacial score (nSPS) is 12.8. The minimum Gasteiger partial charge on any atom is -0.216 e. The van der Waals surface area contributed by atoms with Crippen molar-refractivity contribution in [2.24, 2.45) is 0 Å². The van der Waals surface area contributed by atoms with Crippen LogP contribution in [0, 0.1) is 0 Å². The third-order valence-electron chi connectivity index (χ3n) is 1.90. The molecule has 0 aliphatic heterocycles. The first-order valence-corrected chi connectivity index (χ1v) is 6.23. The van der Waals surface area contributed by atoms with Crippen LogP contribution in [0.2, 0.25) is 0 Å². The molecule has 0 fully saturated rings. The van der Waals surface area contributed by atoms with E-state index in [9.17, 15) is 12.8 Å². The molecule has 0 bridgehead atoms. The molecule has 82 valence electrons. The van der Waals surface area contributed by atoms with Gasteiger partial charge in [-0.05, 0) is 24.6 Å². The minimum atomic E-state index is -3.92. The van der Waals surface area contributed by atoms with E-state index < -0.39 is 15.0 Å². The summed E-state index contributed by atoms with van der Waals surface area (Å²) in [6.45, 7) is 1.86. The van der Waals surface area contributed by atoms with Crippen molar-refractivity contribution in [3.63, 3.8) is 0 Å². The van der Waals surface area contributed by atoms with Crippen LogP contribution in [0.25, 0.3) is 0 Å². The molecule has 0 heterocycles. The zero-order valence-electron chi connectivity index (χ0n) is 8.48. The van der Waals surface area contributed by atoms with Gasteiger partial charge in [-0.2, -0.15) is 4.39 Å². The van der Waals surface area contributed by atoms with Crippen LogP contribution in [-0.4, -0.2) is 8.42 Å². The Kier molecular flexibility index (Phi) is 4.03. The average molecular weight is 228 g/mol. The van der Waals surface area contributed by atoms with E-state index in [2.05, 4.69) is 0 Å². The molecule has 0 aromatic heterocycles. The number of allylic oxidation sites excluding steroid dienone is 1. The van der Waals surface area contributed by atoms with Crippen LogP contribution in [0.3, 0.4) is 0 Å². The van der Waals surface area contributed by atoms with Gasteiger partial charge in [0.2, 0.25) is 15.0 Å². The number of benzene rings is 1. The van der Waals surface area contributed by atoms with Gasteiger partial charge in [-0.3, -0.25) is 0 Å². The highest BCUT2D eigenvalue weighted by Gasteiger charge is 2.19. The maximum absolute atomic E-state index is 13.3. The first-order chi connectivity index (χ1) is 7.09. The summed E-state index contributed by atoms with van der Waals surface area (Å²) in [7, 11) is -3.92. The average Bonchev–Trinajstić information content (AvgIpc) is 2.27. The largest absolute Gasteiger partial charge is 0.232 e. The van der Waals surface area contributed by atoms with Crippen molar-refractivity contribution in [2.45, 2.75) is 24.7 Å². The highest BCUT2D eigenvalue weighted by atomic mass is 32.2. The van der Waals surface area contributed by atoms with Crippen molar-refractivity contribution < 1.29 is 12.8 Å². The van der Waals surface area contributed by atoms with Gasteiger partial charge in [0.25, 0.3) is 0 Å². The summed E-state index contributed by atoms with van der Waals surface area (Å²) in [6.07, 6.45) is 2.26. The van der Waals surface area contributed by atoms with Gasteiger partial charge in [-0.15, -0.1) is 0 Å². The van der Waals surface area contributed by atoms with E-state index in [1.54, 1.807) is 18.2 Å². The van der Waals surface area contributed by atoms with E-state index >= 15 is 0 Å². The number of hydrogen-bond acceptors (Lipinski definition) is 2. The van der Waals surface area contributed by atoms with Crippen LogP contribution in [0.1, 0.15) is 19.8 Å². The van der Waals surface area contributed by atoms with Gasteiger partial charge < -0.3 is 0 Å². The summed E-state index contributed by atoms with van der Waals surface area (Å²) < 4.78 is 36.5. The van der Waals surface area contributed by atoms with E-state index in [4.69, 9.17) is 0 Å². The summed E-state index contributed by atoms with van der Waals surface area (Å²) in [4.78, 5) is -0.00477. The molecule has 15 heavy (non-hydrogen) atoms. The van der Waals surface area contributed by atoms with Crippen LogP contribution in [0.5, 0.6) is 0 Å². The second-order valence-corrected chi connectivity index (χ2v) is 4.98. The second kappa shape index (κ2) is 5.07. The monoisotopic (exact) mass is 228 g/mol. The lowest BCUT2D eigenvalue weighted by Gasteiger charge is -2.00. The van der Waals surface area contributed by atoms with E-state index in [1.165, 1.54) is 12.1 Å². The van der Waals surface area contributed by atoms with Crippen LogP contribution < -0.4 is 0 Å². The van der Waals surface area contributed by atoms with Crippen LogP contribution in [0.15, 0.2) is 46.5 Å². The number of sulfone groups is 1. The molecular weight excluding hydrogens is 215 g/mol. The number of halogens is 1. The summed E-state index contributed by atoms with van der Waals surface area (Å²) in [6, 6.07) is 7.59. The lowest BCUT2D eigenvalue weighted by atomic mass is 10.3. The summed E-state index contributed by atoms with van der Waals surface area (Å²) in [5, 5.41) is -1.06. The molecule has 0 aliphatic carbocycles. The van der Waals surface area contributed by atoms with Gasteiger partial charge in [0.1, 0.15) is 0 Å². The molecule has 0 saturated heterocycles. The van der Waals surface area contributed by atoms with Crippen molar-refractivity contribution >= 4 is 9.84 Å². The molecule has 0 radical (unpaired) electrons. The number of rotatable bonds is 4. The molecule has 0 N–H and O–H groups in total. The lowest BCUT2D eigenvalue weighted by molar-refractivity contribution is 0.575. The van der Waals surface area contributed by atoms with Gasteiger partial charge in [-0.1, -0.05) is 31.5 Å². The Morgan fingerprint density at radius 1 is 1.33 bits per heavy atom. The minimum absolute atomic E-state index is 0.00477. The first kappa shape index (κ1) is 11.9. The van der Waals surface area contributed by atoms with Crippen molar-refractivity contribution in [3.8, 4) is 0 Å². The van der Waals surface area contributed by atoms with Gasteiger partial charge in [0, 0.05) is 0 Å². The SMILES string of the molecule is CCC/C=C(\F)S(=O)(=O)c1ccccc1. The van der Waals surface area contributed by atoms with E-state index in [0.29, 0.717) is 6.42 Å². The fourth-order valence-electron chi connectivity index (χ4n) is 1.08. The van der Waals surface area contributed by atoms with E-state index in [0.717, 1.165) is 12.5 Å². The van der Waals surface area contributed by atoms with Crippen LogP contribution in [0.4, 0.5) is 4.39 Å². The zero-order valence-corrected chi connectivity index (χ0v) is 9.30. The third kappa shape index (κ3) is 2.89. The maximum Gasteiger partial charge on any atom is 0.232 e. The highest BCUT2D eigenvalue weighted by molar-refractivity contribution is 7.95. The molecule has 0 atom stereocenters. The molecule has 0 unspecified atom stereocenters. The Balaban J connectivity index is 3.04. The molecule has 0 spiro atoms. The van der Waals surface area contributed by atoms with E-state index in [-0.39, 0.29) is 4.90 Å². The fourth-order valence-corrected chi connectivity index (χ4v) is 2.16.